The van der Waals surface area contributed by atoms with Gasteiger partial charge in [0.25, 0.3) is 0 Å². The van der Waals surface area contributed by atoms with E-state index >= 15 is 0 Å². The molecule has 9 heteroatoms. The summed E-state index contributed by atoms with van der Waals surface area (Å²) in [5.41, 5.74) is 8.67. The molecule has 1 amide bonds. The first-order valence-electron chi connectivity index (χ1n) is 16.4. The van der Waals surface area contributed by atoms with E-state index in [1.165, 1.54) is 6.07 Å². The predicted molar refractivity (Wildman–Crippen MR) is 182 cm³/mol. The highest BCUT2D eigenvalue weighted by molar-refractivity contribution is 6.18. The standard InChI is InChI=1S/C38H37FN6O2/c1-45(2)12-13-47-28-16-24(14-26(39)17-28)29-8-5-9-33-30(29)18-35(43-33)36-31-19-34(41-22-32(31)38(44-36)10-11-38)25-15-27(21-40-20-25)42-37(46)23-6-3-4-7-23/h5,8-9,14-23,43H,3-4,6-7,10-13H2,1-2H3,(H,42,46). The normalized spacial score (nSPS) is 16.6. The van der Waals surface area contributed by atoms with Gasteiger partial charge in [-0.25, -0.2) is 4.39 Å². The number of aromatic amines is 1. The number of ether oxygens (including phenoxy) is 1. The van der Waals surface area contributed by atoms with E-state index in [0.29, 0.717) is 18.0 Å². The number of aliphatic imine (C=N–C) groups is 1. The molecule has 47 heavy (non-hydrogen) atoms. The van der Waals surface area contributed by atoms with Crippen LogP contribution in [-0.2, 0) is 10.3 Å². The summed E-state index contributed by atoms with van der Waals surface area (Å²) in [5, 5.41) is 4.05. The zero-order valence-electron chi connectivity index (χ0n) is 26.6. The molecule has 8 nitrogen and oxygen atoms in total. The topological polar surface area (TPSA) is 95.5 Å². The Morgan fingerprint density at radius 1 is 1.02 bits per heavy atom. The Balaban J connectivity index is 1.12. The first kappa shape index (κ1) is 29.5. The third-order valence-corrected chi connectivity index (χ3v) is 9.65. The molecular formula is C38H37FN6O2. The van der Waals surface area contributed by atoms with Gasteiger partial charge in [-0.15, -0.1) is 0 Å². The van der Waals surface area contributed by atoms with E-state index < -0.39 is 0 Å². The number of nitrogens with one attached hydrogen (secondary N) is 2. The Morgan fingerprint density at radius 2 is 1.87 bits per heavy atom. The van der Waals surface area contributed by atoms with Crippen molar-refractivity contribution < 1.29 is 13.9 Å². The van der Waals surface area contributed by atoms with Crippen LogP contribution >= 0.6 is 0 Å². The molecule has 4 heterocycles. The number of nitrogens with zero attached hydrogens (tertiary/aromatic N) is 4. The van der Waals surface area contributed by atoms with Gasteiger partial charge in [0.05, 0.1) is 34.5 Å². The van der Waals surface area contributed by atoms with Gasteiger partial charge in [-0.1, -0.05) is 25.0 Å². The second-order valence-corrected chi connectivity index (χ2v) is 13.3. The van der Waals surface area contributed by atoms with Crippen molar-refractivity contribution in [2.75, 3.05) is 32.6 Å². The van der Waals surface area contributed by atoms with Gasteiger partial charge >= 0.3 is 0 Å². The summed E-state index contributed by atoms with van der Waals surface area (Å²) in [6.45, 7) is 1.21. The molecule has 2 saturated carbocycles. The van der Waals surface area contributed by atoms with Crippen LogP contribution in [0.5, 0.6) is 5.75 Å². The molecule has 0 bridgehead atoms. The summed E-state index contributed by atoms with van der Waals surface area (Å²) in [4.78, 5) is 33.0. The van der Waals surface area contributed by atoms with Crippen LogP contribution in [0.2, 0.25) is 0 Å². The average Bonchev–Trinajstić information content (AvgIpc) is 3.38. The number of aromatic nitrogens is 3. The SMILES string of the molecule is CN(C)CCOc1cc(F)cc(-c2cccc3[nH]c(C4=NC5(CC5)c5cnc(-c6cncc(NC(=O)C7CCCC7)c6)cc54)cc23)c1. The number of benzene rings is 2. The van der Waals surface area contributed by atoms with Gasteiger partial charge in [0.1, 0.15) is 18.2 Å². The highest BCUT2D eigenvalue weighted by Crippen LogP contribution is 2.55. The molecule has 0 radical (unpaired) electrons. The molecule has 2 fully saturated rings. The smallest absolute Gasteiger partial charge is 0.227 e. The van der Waals surface area contributed by atoms with Gasteiger partial charge in [-0.3, -0.25) is 19.8 Å². The maximum Gasteiger partial charge on any atom is 0.227 e. The van der Waals surface area contributed by atoms with E-state index in [0.717, 1.165) is 101 Å². The van der Waals surface area contributed by atoms with E-state index in [-0.39, 0.29) is 23.2 Å². The van der Waals surface area contributed by atoms with Crippen molar-refractivity contribution in [2.24, 2.45) is 10.9 Å². The minimum absolute atomic E-state index is 0.0676. The number of carbonyl (C=O) groups is 1. The molecular weight excluding hydrogens is 591 g/mol. The third kappa shape index (κ3) is 5.69. The van der Waals surface area contributed by atoms with Gasteiger partial charge in [0.15, 0.2) is 0 Å². The highest BCUT2D eigenvalue weighted by Gasteiger charge is 2.50. The molecule has 0 atom stereocenters. The lowest BCUT2D eigenvalue weighted by atomic mass is 9.98. The van der Waals surface area contributed by atoms with Crippen LogP contribution in [0.4, 0.5) is 10.1 Å². The largest absolute Gasteiger partial charge is 0.492 e. The minimum Gasteiger partial charge on any atom is -0.492 e. The monoisotopic (exact) mass is 628 g/mol. The highest BCUT2D eigenvalue weighted by atomic mass is 19.1. The van der Waals surface area contributed by atoms with Crippen molar-refractivity contribution in [1.29, 1.82) is 0 Å². The lowest BCUT2D eigenvalue weighted by Gasteiger charge is -2.12. The molecule has 0 saturated heterocycles. The summed E-state index contributed by atoms with van der Waals surface area (Å²) in [6.07, 6.45) is 11.5. The van der Waals surface area contributed by atoms with Crippen LogP contribution in [0.3, 0.4) is 0 Å². The number of amides is 1. The number of likely N-dealkylation sites (N-methyl/N-ethyl adjacent to an activating group) is 1. The van der Waals surface area contributed by atoms with Gasteiger partial charge < -0.3 is 19.9 Å². The Morgan fingerprint density at radius 3 is 2.68 bits per heavy atom. The zero-order chi connectivity index (χ0) is 32.1. The van der Waals surface area contributed by atoms with Crippen LogP contribution in [-0.4, -0.2) is 58.7 Å². The van der Waals surface area contributed by atoms with Crippen molar-refractivity contribution in [2.45, 2.75) is 44.1 Å². The number of hydrogen-bond acceptors (Lipinski definition) is 6. The maximum absolute atomic E-state index is 14.8. The van der Waals surface area contributed by atoms with Crippen LogP contribution in [0.1, 0.15) is 55.3 Å². The number of anilines is 1. The zero-order valence-corrected chi connectivity index (χ0v) is 26.6. The van der Waals surface area contributed by atoms with Gasteiger partial charge in [-0.2, -0.15) is 0 Å². The molecule has 1 spiro atoms. The Bertz CT molecular complexity index is 2040. The lowest BCUT2D eigenvalue weighted by Crippen LogP contribution is -2.20. The molecule has 238 valence electrons. The van der Waals surface area contributed by atoms with E-state index in [1.54, 1.807) is 18.5 Å². The minimum atomic E-state index is -0.337. The lowest BCUT2D eigenvalue weighted by molar-refractivity contribution is -0.119. The van der Waals surface area contributed by atoms with Crippen molar-refractivity contribution in [3.05, 3.63) is 95.8 Å². The second-order valence-electron chi connectivity index (χ2n) is 13.3. The summed E-state index contributed by atoms with van der Waals surface area (Å²) < 4.78 is 20.7. The molecule has 2 N–H and O–H groups in total. The molecule has 3 aromatic heterocycles. The van der Waals surface area contributed by atoms with Gasteiger partial charge in [0, 0.05) is 58.5 Å². The number of fused-ring (bicyclic) bond motifs is 3. The Hall–Kier alpha value is -4.89. The predicted octanol–water partition coefficient (Wildman–Crippen LogP) is 7.34. The molecule has 0 unspecified atom stereocenters. The summed E-state index contributed by atoms with van der Waals surface area (Å²) in [7, 11) is 3.96. The van der Waals surface area contributed by atoms with E-state index in [4.69, 9.17) is 14.7 Å². The quantitative estimate of drug-likeness (QED) is 0.178. The molecule has 2 aromatic carbocycles. The molecule has 2 aliphatic carbocycles. The number of hydrogen-bond donors (Lipinski definition) is 2. The van der Waals surface area contributed by atoms with Crippen LogP contribution < -0.4 is 10.1 Å². The number of pyridine rings is 2. The van der Waals surface area contributed by atoms with Crippen LogP contribution in [0, 0.1) is 11.7 Å². The number of halogens is 1. The van der Waals surface area contributed by atoms with Crippen molar-refractivity contribution in [3.63, 3.8) is 0 Å². The Kier molecular flexibility index (Phi) is 7.36. The number of carbonyl (C=O) groups excluding carboxylic acids is 1. The summed E-state index contributed by atoms with van der Waals surface area (Å²) in [5.74, 6) is 0.317. The van der Waals surface area contributed by atoms with Gasteiger partial charge in [0.2, 0.25) is 5.91 Å². The van der Waals surface area contributed by atoms with Gasteiger partial charge in [-0.05, 0) is 87.3 Å². The Labute approximate surface area is 273 Å². The number of rotatable bonds is 9. The van der Waals surface area contributed by atoms with E-state index in [1.807, 2.05) is 55.5 Å². The van der Waals surface area contributed by atoms with Crippen LogP contribution in [0.15, 0.2) is 78.2 Å². The second kappa shape index (κ2) is 11.7. The fourth-order valence-electron chi connectivity index (χ4n) is 6.98. The van der Waals surface area contributed by atoms with Crippen molar-refractivity contribution in [3.8, 4) is 28.1 Å². The van der Waals surface area contributed by atoms with Crippen LogP contribution in [0.25, 0.3) is 33.3 Å². The summed E-state index contributed by atoms with van der Waals surface area (Å²) in [6, 6.07) is 17.1. The summed E-state index contributed by atoms with van der Waals surface area (Å²) >= 11 is 0. The van der Waals surface area contributed by atoms with Crippen molar-refractivity contribution in [1.82, 2.24) is 19.9 Å². The molecule has 3 aliphatic rings. The first-order valence-corrected chi connectivity index (χ1v) is 16.4. The fraction of sp³-hybridized carbons (Fsp3) is 0.316. The average molecular weight is 629 g/mol. The third-order valence-electron chi connectivity index (χ3n) is 9.65. The van der Waals surface area contributed by atoms with E-state index in [9.17, 15) is 9.18 Å². The molecule has 1 aliphatic heterocycles. The maximum atomic E-state index is 14.8. The van der Waals surface area contributed by atoms with Crippen molar-refractivity contribution >= 4 is 28.2 Å². The first-order chi connectivity index (χ1) is 22.8. The number of H-pyrrole nitrogens is 1. The molecule has 8 rings (SSSR count). The fourth-order valence-corrected chi connectivity index (χ4v) is 6.98. The van der Waals surface area contributed by atoms with E-state index in [2.05, 4.69) is 27.4 Å². The molecule has 5 aromatic rings.